The molecular formula is C20H22N4O. The van der Waals surface area contributed by atoms with Crippen LogP contribution in [0.3, 0.4) is 0 Å². The molecule has 0 unspecified atom stereocenters. The first-order chi connectivity index (χ1) is 12.3. The second-order valence-corrected chi connectivity index (χ2v) is 7.37. The van der Waals surface area contributed by atoms with Crippen molar-refractivity contribution in [1.82, 2.24) is 14.8 Å². The van der Waals surface area contributed by atoms with Gasteiger partial charge in [-0.3, -0.25) is 4.68 Å². The van der Waals surface area contributed by atoms with Gasteiger partial charge in [-0.15, -0.1) is 0 Å². The topological polar surface area (TPSA) is 54.2 Å². The summed E-state index contributed by atoms with van der Waals surface area (Å²) in [6.07, 6.45) is 7.17. The second kappa shape index (κ2) is 5.85. The highest BCUT2D eigenvalue weighted by Crippen LogP contribution is 2.42. The van der Waals surface area contributed by atoms with Gasteiger partial charge in [0.2, 0.25) is 0 Å². The predicted molar refractivity (Wildman–Crippen MR) is 97.4 cm³/mol. The maximum atomic E-state index is 10.6. The van der Waals surface area contributed by atoms with E-state index in [1.165, 1.54) is 10.8 Å². The van der Waals surface area contributed by atoms with E-state index in [9.17, 15) is 5.11 Å². The van der Waals surface area contributed by atoms with Crippen molar-refractivity contribution in [3.05, 3.63) is 55.0 Å². The first-order valence-corrected chi connectivity index (χ1v) is 9.05. The zero-order valence-corrected chi connectivity index (χ0v) is 14.1. The molecule has 5 heteroatoms. The Morgan fingerprint density at radius 2 is 1.80 bits per heavy atom. The van der Waals surface area contributed by atoms with Crippen molar-refractivity contribution >= 4 is 16.6 Å². The number of aliphatic hydroxyl groups is 1. The van der Waals surface area contributed by atoms with E-state index < -0.39 is 0 Å². The SMILES string of the molecule is O[C@@H]1C[C@H]2CN(c3nccc4ccccc34)C[C@H]2C[C@H]1n1cccn1. The van der Waals surface area contributed by atoms with Gasteiger partial charge in [-0.1, -0.05) is 24.3 Å². The Hall–Kier alpha value is -2.40. The maximum Gasteiger partial charge on any atom is 0.136 e. The van der Waals surface area contributed by atoms with E-state index in [-0.39, 0.29) is 12.1 Å². The van der Waals surface area contributed by atoms with Crippen LogP contribution < -0.4 is 4.90 Å². The summed E-state index contributed by atoms with van der Waals surface area (Å²) >= 11 is 0. The van der Waals surface area contributed by atoms with E-state index in [2.05, 4.69) is 45.3 Å². The highest BCUT2D eigenvalue weighted by atomic mass is 16.3. The largest absolute Gasteiger partial charge is 0.391 e. The molecule has 3 heterocycles. The highest BCUT2D eigenvalue weighted by Gasteiger charge is 2.43. The van der Waals surface area contributed by atoms with E-state index in [1.54, 1.807) is 6.20 Å². The van der Waals surface area contributed by atoms with Crippen LogP contribution in [-0.2, 0) is 0 Å². The molecule has 128 valence electrons. The Morgan fingerprint density at radius 3 is 2.64 bits per heavy atom. The number of nitrogens with zero attached hydrogens (tertiary/aromatic N) is 4. The number of fused-ring (bicyclic) bond motifs is 2. The highest BCUT2D eigenvalue weighted by molar-refractivity contribution is 5.92. The van der Waals surface area contributed by atoms with Crippen molar-refractivity contribution in [3.63, 3.8) is 0 Å². The Labute approximate surface area is 146 Å². The van der Waals surface area contributed by atoms with Gasteiger partial charge in [-0.25, -0.2) is 4.98 Å². The first kappa shape index (κ1) is 14.9. The van der Waals surface area contributed by atoms with Crippen molar-refractivity contribution < 1.29 is 5.11 Å². The van der Waals surface area contributed by atoms with Gasteiger partial charge in [0.05, 0.1) is 12.1 Å². The third-order valence-electron chi connectivity index (χ3n) is 5.93. The van der Waals surface area contributed by atoms with Crippen LogP contribution in [0.5, 0.6) is 0 Å². The second-order valence-electron chi connectivity index (χ2n) is 7.37. The van der Waals surface area contributed by atoms with E-state index in [1.807, 2.05) is 23.1 Å². The van der Waals surface area contributed by atoms with E-state index >= 15 is 0 Å². The number of anilines is 1. The fraction of sp³-hybridized carbons (Fsp3) is 0.400. The van der Waals surface area contributed by atoms with Gasteiger partial charge in [-0.2, -0.15) is 5.10 Å². The summed E-state index contributed by atoms with van der Waals surface area (Å²) in [4.78, 5) is 7.09. The molecular weight excluding hydrogens is 312 g/mol. The monoisotopic (exact) mass is 334 g/mol. The fourth-order valence-electron chi connectivity index (χ4n) is 4.70. The minimum atomic E-state index is -0.318. The molecule has 2 aliphatic rings. The Kier molecular flexibility index (Phi) is 3.48. The number of aliphatic hydroxyl groups excluding tert-OH is 1. The summed E-state index contributed by atoms with van der Waals surface area (Å²) in [7, 11) is 0. The fourth-order valence-corrected chi connectivity index (χ4v) is 4.70. The Balaban J connectivity index is 1.42. The van der Waals surface area contributed by atoms with Gasteiger partial charge in [0.1, 0.15) is 5.82 Å². The number of pyridine rings is 1. The minimum absolute atomic E-state index is 0.0941. The van der Waals surface area contributed by atoms with E-state index in [4.69, 9.17) is 0 Å². The van der Waals surface area contributed by atoms with Crippen LogP contribution in [0.25, 0.3) is 10.8 Å². The molecule has 1 aliphatic heterocycles. The third-order valence-corrected chi connectivity index (χ3v) is 5.93. The van der Waals surface area contributed by atoms with Crippen molar-refractivity contribution in [2.75, 3.05) is 18.0 Å². The van der Waals surface area contributed by atoms with Crippen molar-refractivity contribution in [2.24, 2.45) is 11.8 Å². The maximum absolute atomic E-state index is 10.6. The standard InChI is InChI=1S/C20H22N4O/c25-19-11-16-13-23(12-15(16)10-18(19)24-9-3-7-22-24)20-17-5-2-1-4-14(17)6-8-21-20/h1-9,15-16,18-19,25H,10-13H2/t15-,16+,18-,19-/m1/s1. The first-order valence-electron chi connectivity index (χ1n) is 9.05. The lowest BCUT2D eigenvalue weighted by molar-refractivity contribution is 0.0306. The summed E-state index contributed by atoms with van der Waals surface area (Å²) in [6, 6.07) is 12.5. The summed E-state index contributed by atoms with van der Waals surface area (Å²) in [5.41, 5.74) is 0. The average molecular weight is 334 g/mol. The predicted octanol–water partition coefficient (Wildman–Crippen LogP) is 2.88. The summed E-state index contributed by atoms with van der Waals surface area (Å²) in [5, 5.41) is 17.4. The minimum Gasteiger partial charge on any atom is -0.391 e. The number of aromatic nitrogens is 3. The van der Waals surface area contributed by atoms with Crippen LogP contribution in [0.4, 0.5) is 5.82 Å². The molecule has 1 aromatic carbocycles. The van der Waals surface area contributed by atoms with Gasteiger partial charge >= 0.3 is 0 Å². The van der Waals surface area contributed by atoms with Crippen LogP contribution in [0, 0.1) is 11.8 Å². The molecule has 0 bridgehead atoms. The quantitative estimate of drug-likeness (QED) is 0.783. The molecule has 5 rings (SSSR count). The summed E-state index contributed by atoms with van der Waals surface area (Å²) < 4.78 is 1.93. The molecule has 1 aliphatic carbocycles. The third kappa shape index (κ3) is 2.50. The molecule has 2 aromatic heterocycles. The molecule has 5 nitrogen and oxygen atoms in total. The van der Waals surface area contributed by atoms with Crippen LogP contribution in [-0.4, -0.2) is 39.1 Å². The lowest BCUT2D eigenvalue weighted by atomic mass is 9.77. The number of hydrogen-bond acceptors (Lipinski definition) is 4. The van der Waals surface area contributed by atoms with Crippen LogP contribution in [0.2, 0.25) is 0 Å². The molecule has 3 aromatic rings. The molecule has 0 spiro atoms. The normalized spacial score (nSPS) is 29.1. The number of hydrogen-bond donors (Lipinski definition) is 1. The Morgan fingerprint density at radius 1 is 0.960 bits per heavy atom. The van der Waals surface area contributed by atoms with Crippen molar-refractivity contribution in [1.29, 1.82) is 0 Å². The molecule has 25 heavy (non-hydrogen) atoms. The molecule has 1 saturated heterocycles. The lowest BCUT2D eigenvalue weighted by Gasteiger charge is -2.35. The van der Waals surface area contributed by atoms with Gasteiger partial charge in [0.15, 0.2) is 0 Å². The lowest BCUT2D eigenvalue weighted by Crippen LogP contribution is -2.36. The van der Waals surface area contributed by atoms with Crippen molar-refractivity contribution in [3.8, 4) is 0 Å². The van der Waals surface area contributed by atoms with Gasteiger partial charge in [0, 0.05) is 37.1 Å². The molecule has 1 saturated carbocycles. The van der Waals surface area contributed by atoms with E-state index in [0.717, 1.165) is 31.7 Å². The molecule has 4 atom stereocenters. The van der Waals surface area contributed by atoms with Crippen molar-refractivity contribution in [2.45, 2.75) is 25.0 Å². The summed E-state index contributed by atoms with van der Waals surface area (Å²) in [6.45, 7) is 1.99. The smallest absolute Gasteiger partial charge is 0.136 e. The van der Waals surface area contributed by atoms with E-state index in [0.29, 0.717) is 11.8 Å². The average Bonchev–Trinajstić information content (AvgIpc) is 3.29. The number of benzene rings is 1. The molecule has 1 N–H and O–H groups in total. The molecule has 0 radical (unpaired) electrons. The molecule has 2 fully saturated rings. The zero-order valence-electron chi connectivity index (χ0n) is 14.1. The molecule has 0 amide bonds. The summed E-state index contributed by atoms with van der Waals surface area (Å²) in [5.74, 6) is 2.19. The number of rotatable bonds is 2. The van der Waals surface area contributed by atoms with Crippen LogP contribution >= 0.6 is 0 Å². The Bertz CT molecular complexity index is 873. The zero-order chi connectivity index (χ0) is 16.8. The van der Waals surface area contributed by atoms with Gasteiger partial charge in [0.25, 0.3) is 0 Å². The van der Waals surface area contributed by atoms with Crippen LogP contribution in [0.15, 0.2) is 55.0 Å². The van der Waals surface area contributed by atoms with Gasteiger partial charge in [-0.05, 0) is 42.2 Å². The van der Waals surface area contributed by atoms with Gasteiger partial charge < -0.3 is 10.0 Å². The van der Waals surface area contributed by atoms with Crippen LogP contribution in [0.1, 0.15) is 18.9 Å².